The van der Waals surface area contributed by atoms with Crippen LogP contribution >= 0.6 is 0 Å². The highest BCUT2D eigenvalue weighted by Gasteiger charge is 1.79. The zero-order valence-electron chi connectivity index (χ0n) is 6.04. The first-order valence-electron chi connectivity index (χ1n) is 3.28. The van der Waals surface area contributed by atoms with E-state index in [2.05, 4.69) is 6.92 Å². The Bertz CT molecular complexity index is 101. The number of aliphatic hydroxyl groups is 1. The number of allylic oxidation sites excluding steroid dienone is 3. The maximum absolute atomic E-state index is 8.73. The van der Waals surface area contributed by atoms with Crippen LogP contribution in [0.3, 0.4) is 0 Å². The molecule has 1 nitrogen and oxygen atoms in total. The van der Waals surface area contributed by atoms with Gasteiger partial charge in [-0.1, -0.05) is 31.2 Å². The molecule has 0 aliphatic rings. The van der Waals surface area contributed by atoms with Gasteiger partial charge in [0.15, 0.2) is 0 Å². The first kappa shape index (κ1) is 8.44. The smallest absolute Gasteiger partial charge is 0.0695 e. The van der Waals surface area contributed by atoms with Crippen LogP contribution in [0.4, 0.5) is 0 Å². The third-order valence-electron chi connectivity index (χ3n) is 0.873. The Hall–Kier alpha value is -0.560. The van der Waals surface area contributed by atoms with Crippen LogP contribution in [0.2, 0.25) is 0 Å². The lowest BCUT2D eigenvalue weighted by atomic mass is 10.3. The first-order valence-corrected chi connectivity index (χ1v) is 3.28. The van der Waals surface area contributed by atoms with Crippen LogP contribution in [0.15, 0.2) is 24.3 Å². The van der Waals surface area contributed by atoms with Crippen LogP contribution in [0.1, 0.15) is 20.3 Å². The van der Waals surface area contributed by atoms with Gasteiger partial charge in [0.05, 0.1) is 6.10 Å². The van der Waals surface area contributed by atoms with Crippen molar-refractivity contribution in [2.45, 2.75) is 26.4 Å². The average molecular weight is 126 g/mol. The Morgan fingerprint density at radius 3 is 2.56 bits per heavy atom. The Morgan fingerprint density at radius 2 is 2.11 bits per heavy atom. The molecule has 9 heavy (non-hydrogen) atoms. The summed E-state index contributed by atoms with van der Waals surface area (Å²) < 4.78 is 0. The van der Waals surface area contributed by atoms with Crippen LogP contribution in [-0.4, -0.2) is 11.2 Å². The van der Waals surface area contributed by atoms with E-state index in [1.807, 2.05) is 18.2 Å². The van der Waals surface area contributed by atoms with E-state index in [-0.39, 0.29) is 6.10 Å². The summed E-state index contributed by atoms with van der Waals surface area (Å²) in [6.45, 7) is 3.81. The Morgan fingerprint density at radius 1 is 1.44 bits per heavy atom. The van der Waals surface area contributed by atoms with E-state index < -0.39 is 0 Å². The molecule has 1 N–H and O–H groups in total. The molecule has 0 spiro atoms. The van der Waals surface area contributed by atoms with Gasteiger partial charge in [-0.15, -0.1) is 0 Å². The van der Waals surface area contributed by atoms with E-state index in [1.54, 1.807) is 13.0 Å². The fraction of sp³-hybridized carbons (Fsp3) is 0.500. The molecule has 0 aromatic carbocycles. The van der Waals surface area contributed by atoms with E-state index in [0.29, 0.717) is 0 Å². The first-order chi connectivity index (χ1) is 4.27. The number of aliphatic hydroxyl groups excluding tert-OH is 1. The molecule has 0 aromatic heterocycles. The van der Waals surface area contributed by atoms with Crippen LogP contribution in [0.25, 0.3) is 0 Å². The molecule has 0 aliphatic heterocycles. The van der Waals surface area contributed by atoms with E-state index >= 15 is 0 Å². The minimum atomic E-state index is -0.327. The standard InChI is InChI=1S/C8H14O/c1-3-4-5-6-7-8(2)9/h4-9H,3H2,1-2H3. The molecule has 0 bridgehead atoms. The number of hydrogen-bond acceptors (Lipinski definition) is 1. The Balaban J connectivity index is 3.35. The molecule has 0 radical (unpaired) electrons. The van der Waals surface area contributed by atoms with Gasteiger partial charge in [-0.2, -0.15) is 0 Å². The van der Waals surface area contributed by atoms with Gasteiger partial charge in [0.2, 0.25) is 0 Å². The molecule has 0 heterocycles. The van der Waals surface area contributed by atoms with Crippen LogP contribution in [0, 0.1) is 0 Å². The number of rotatable bonds is 3. The highest BCUT2D eigenvalue weighted by Crippen LogP contribution is 1.85. The van der Waals surface area contributed by atoms with E-state index in [4.69, 9.17) is 5.11 Å². The quantitative estimate of drug-likeness (QED) is 0.572. The molecule has 0 aromatic rings. The summed E-state index contributed by atoms with van der Waals surface area (Å²) in [4.78, 5) is 0. The highest BCUT2D eigenvalue weighted by molar-refractivity contribution is 5.03. The molecule has 1 heteroatoms. The maximum atomic E-state index is 8.73. The van der Waals surface area contributed by atoms with Gasteiger partial charge in [-0.3, -0.25) is 0 Å². The summed E-state index contributed by atoms with van der Waals surface area (Å²) in [5.74, 6) is 0. The van der Waals surface area contributed by atoms with Gasteiger partial charge >= 0.3 is 0 Å². The lowest BCUT2D eigenvalue weighted by Gasteiger charge is -1.88. The highest BCUT2D eigenvalue weighted by atomic mass is 16.3. The predicted molar refractivity (Wildman–Crippen MR) is 40.3 cm³/mol. The minimum absolute atomic E-state index is 0.327. The second-order valence-electron chi connectivity index (χ2n) is 1.96. The third-order valence-corrected chi connectivity index (χ3v) is 0.873. The fourth-order valence-corrected chi connectivity index (χ4v) is 0.440. The molecule has 0 saturated carbocycles. The minimum Gasteiger partial charge on any atom is -0.389 e. The monoisotopic (exact) mass is 126 g/mol. The van der Waals surface area contributed by atoms with Gasteiger partial charge in [-0.25, -0.2) is 0 Å². The zero-order chi connectivity index (χ0) is 7.11. The van der Waals surface area contributed by atoms with Crippen molar-refractivity contribution >= 4 is 0 Å². The molecular weight excluding hydrogens is 112 g/mol. The third kappa shape index (κ3) is 7.44. The van der Waals surface area contributed by atoms with Crippen LogP contribution in [0.5, 0.6) is 0 Å². The summed E-state index contributed by atoms with van der Waals surface area (Å²) in [5, 5.41) is 8.73. The molecule has 0 rings (SSSR count). The van der Waals surface area contributed by atoms with Crippen molar-refractivity contribution in [3.05, 3.63) is 24.3 Å². The largest absolute Gasteiger partial charge is 0.389 e. The summed E-state index contributed by atoms with van der Waals surface area (Å²) in [7, 11) is 0. The van der Waals surface area contributed by atoms with Gasteiger partial charge in [-0.05, 0) is 13.3 Å². The maximum Gasteiger partial charge on any atom is 0.0695 e. The molecule has 0 aliphatic carbocycles. The van der Waals surface area contributed by atoms with Crippen molar-refractivity contribution < 1.29 is 5.11 Å². The lowest BCUT2D eigenvalue weighted by Crippen LogP contribution is -1.90. The lowest BCUT2D eigenvalue weighted by molar-refractivity contribution is 0.244. The molecular formula is C8H14O. The number of hydrogen-bond donors (Lipinski definition) is 1. The second kappa shape index (κ2) is 5.57. The van der Waals surface area contributed by atoms with Gasteiger partial charge < -0.3 is 5.11 Å². The Kier molecular flexibility index (Phi) is 5.23. The van der Waals surface area contributed by atoms with Crippen molar-refractivity contribution in [2.24, 2.45) is 0 Å². The van der Waals surface area contributed by atoms with Crippen LogP contribution in [-0.2, 0) is 0 Å². The summed E-state index contributed by atoms with van der Waals surface area (Å²) >= 11 is 0. The molecule has 52 valence electrons. The summed E-state index contributed by atoms with van der Waals surface area (Å²) in [6, 6.07) is 0. The topological polar surface area (TPSA) is 20.2 Å². The van der Waals surface area contributed by atoms with Gasteiger partial charge in [0.25, 0.3) is 0 Å². The van der Waals surface area contributed by atoms with E-state index in [9.17, 15) is 0 Å². The van der Waals surface area contributed by atoms with Crippen molar-refractivity contribution in [3.63, 3.8) is 0 Å². The second-order valence-corrected chi connectivity index (χ2v) is 1.96. The SMILES string of the molecule is CCC=CC=CC(C)O. The molecule has 1 unspecified atom stereocenters. The zero-order valence-corrected chi connectivity index (χ0v) is 6.04. The normalized spacial score (nSPS) is 15.4. The van der Waals surface area contributed by atoms with Crippen molar-refractivity contribution in [3.8, 4) is 0 Å². The Labute approximate surface area is 56.7 Å². The van der Waals surface area contributed by atoms with Crippen molar-refractivity contribution in [1.29, 1.82) is 0 Å². The average Bonchev–Trinajstić information content (AvgIpc) is 1.80. The van der Waals surface area contributed by atoms with Gasteiger partial charge in [0.1, 0.15) is 0 Å². The molecule has 1 atom stereocenters. The van der Waals surface area contributed by atoms with Gasteiger partial charge in [0, 0.05) is 0 Å². The summed E-state index contributed by atoms with van der Waals surface area (Å²) in [6.07, 6.45) is 8.29. The van der Waals surface area contributed by atoms with Crippen molar-refractivity contribution in [2.75, 3.05) is 0 Å². The fourth-order valence-electron chi connectivity index (χ4n) is 0.440. The van der Waals surface area contributed by atoms with Crippen molar-refractivity contribution in [1.82, 2.24) is 0 Å². The predicted octanol–water partition coefficient (Wildman–Crippen LogP) is 1.89. The molecule has 0 saturated heterocycles. The molecule has 0 fully saturated rings. The van der Waals surface area contributed by atoms with Crippen LogP contribution < -0.4 is 0 Å². The molecule has 0 amide bonds. The van der Waals surface area contributed by atoms with E-state index in [1.165, 1.54) is 0 Å². The van der Waals surface area contributed by atoms with E-state index in [0.717, 1.165) is 6.42 Å². The summed E-state index contributed by atoms with van der Waals surface area (Å²) in [5.41, 5.74) is 0.